The maximum atomic E-state index is 11.6. The fourth-order valence-corrected chi connectivity index (χ4v) is 2.09. The van der Waals surface area contributed by atoms with E-state index < -0.39 is 12.1 Å². The van der Waals surface area contributed by atoms with E-state index >= 15 is 0 Å². The van der Waals surface area contributed by atoms with Crippen LogP contribution in [-0.4, -0.2) is 24.8 Å². The first-order valence-electron chi connectivity index (χ1n) is 5.62. The Kier molecular flexibility index (Phi) is 4.99. The number of halogens is 1. The zero-order valence-corrected chi connectivity index (χ0v) is 11.7. The lowest BCUT2D eigenvalue weighted by molar-refractivity contribution is -0.153. The van der Waals surface area contributed by atoms with Gasteiger partial charge in [-0.05, 0) is 38.0 Å². The quantitative estimate of drug-likeness (QED) is 0.856. The second-order valence-electron chi connectivity index (χ2n) is 3.90. The Morgan fingerprint density at radius 2 is 2.11 bits per heavy atom. The molecule has 1 rings (SSSR count). The molecule has 0 aliphatic carbocycles. The van der Waals surface area contributed by atoms with Gasteiger partial charge in [0.15, 0.2) is 6.10 Å². The molecule has 100 valence electrons. The molecule has 18 heavy (non-hydrogen) atoms. The van der Waals surface area contributed by atoms with Crippen LogP contribution in [0.2, 0.25) is 5.02 Å². The average Bonchev–Trinajstić information content (AvgIpc) is 2.32. The van der Waals surface area contributed by atoms with Crippen molar-refractivity contribution in [2.24, 2.45) is 0 Å². The second-order valence-corrected chi connectivity index (χ2v) is 4.31. The first kappa shape index (κ1) is 14.8. The molecule has 0 aliphatic heterocycles. The summed E-state index contributed by atoms with van der Waals surface area (Å²) < 4.78 is 9.97. The van der Waals surface area contributed by atoms with E-state index in [9.17, 15) is 9.90 Å². The van der Waals surface area contributed by atoms with Crippen molar-refractivity contribution in [1.29, 1.82) is 0 Å². The van der Waals surface area contributed by atoms with E-state index in [-0.39, 0.29) is 6.61 Å². The summed E-state index contributed by atoms with van der Waals surface area (Å²) in [6.07, 6.45) is -1.39. The number of benzene rings is 1. The number of esters is 1. The Morgan fingerprint density at radius 1 is 1.50 bits per heavy atom. The Labute approximate surface area is 111 Å². The third-order valence-electron chi connectivity index (χ3n) is 2.79. The van der Waals surface area contributed by atoms with Gasteiger partial charge in [-0.3, -0.25) is 0 Å². The highest BCUT2D eigenvalue weighted by Gasteiger charge is 2.26. The van der Waals surface area contributed by atoms with Crippen LogP contribution in [0.3, 0.4) is 0 Å². The largest absolute Gasteiger partial charge is 0.495 e. The molecule has 0 aliphatic rings. The van der Waals surface area contributed by atoms with Crippen LogP contribution in [0.1, 0.15) is 29.7 Å². The number of hydrogen-bond acceptors (Lipinski definition) is 4. The molecule has 1 aromatic carbocycles. The number of rotatable bonds is 4. The molecule has 1 N–H and O–H groups in total. The van der Waals surface area contributed by atoms with E-state index in [2.05, 4.69) is 0 Å². The molecule has 0 saturated heterocycles. The summed E-state index contributed by atoms with van der Waals surface area (Å²) in [5.74, 6) is -0.402. The second kappa shape index (κ2) is 6.07. The van der Waals surface area contributed by atoms with Gasteiger partial charge in [-0.25, -0.2) is 4.79 Å². The van der Waals surface area contributed by atoms with Gasteiger partial charge >= 0.3 is 5.97 Å². The SMILES string of the molecule is CCOC(=O)C(O)c1c(C)c(C)cc(Cl)c1OC. The Morgan fingerprint density at radius 3 is 2.61 bits per heavy atom. The standard InChI is InChI=1S/C13H17ClO4/c1-5-18-13(16)11(15)10-8(3)7(2)6-9(14)12(10)17-4/h6,11,15H,5H2,1-4H3. The number of carbonyl (C=O) groups excluding carboxylic acids is 1. The Balaban J connectivity index is 3.33. The number of aliphatic hydroxyl groups is 1. The maximum Gasteiger partial charge on any atom is 0.339 e. The molecule has 0 fully saturated rings. The predicted octanol–water partition coefficient (Wildman–Crippen LogP) is 2.56. The van der Waals surface area contributed by atoms with Crippen molar-refractivity contribution in [2.45, 2.75) is 26.9 Å². The molecule has 0 amide bonds. The number of hydrogen-bond donors (Lipinski definition) is 1. The zero-order chi connectivity index (χ0) is 13.9. The summed E-state index contributed by atoms with van der Waals surface area (Å²) in [7, 11) is 1.44. The summed E-state index contributed by atoms with van der Waals surface area (Å²) in [6.45, 7) is 5.53. The number of aliphatic hydroxyl groups excluding tert-OH is 1. The van der Waals surface area contributed by atoms with Gasteiger partial charge in [0.1, 0.15) is 5.75 Å². The van der Waals surface area contributed by atoms with Crippen LogP contribution in [0.15, 0.2) is 6.07 Å². The van der Waals surface area contributed by atoms with Crippen LogP contribution in [0.25, 0.3) is 0 Å². The van der Waals surface area contributed by atoms with E-state index in [0.29, 0.717) is 16.3 Å². The minimum Gasteiger partial charge on any atom is -0.495 e. The first-order valence-corrected chi connectivity index (χ1v) is 6.00. The molecule has 0 radical (unpaired) electrons. The monoisotopic (exact) mass is 272 g/mol. The third-order valence-corrected chi connectivity index (χ3v) is 3.07. The van der Waals surface area contributed by atoms with Crippen LogP contribution in [-0.2, 0) is 9.53 Å². The van der Waals surface area contributed by atoms with Crippen molar-refractivity contribution in [3.63, 3.8) is 0 Å². The summed E-state index contributed by atoms with van der Waals surface area (Å²) in [4.78, 5) is 11.6. The van der Waals surface area contributed by atoms with Crippen LogP contribution in [0, 0.1) is 13.8 Å². The molecule has 5 heteroatoms. The van der Waals surface area contributed by atoms with E-state index in [1.54, 1.807) is 19.9 Å². The van der Waals surface area contributed by atoms with Crippen molar-refractivity contribution in [2.75, 3.05) is 13.7 Å². The molecule has 0 aromatic heterocycles. The molecule has 0 heterocycles. The predicted molar refractivity (Wildman–Crippen MR) is 69.1 cm³/mol. The van der Waals surface area contributed by atoms with Gasteiger partial charge in [-0.1, -0.05) is 11.6 Å². The van der Waals surface area contributed by atoms with Crippen LogP contribution in [0.5, 0.6) is 5.75 Å². The Hall–Kier alpha value is -1.26. The molecule has 1 aromatic rings. The van der Waals surface area contributed by atoms with Crippen molar-refractivity contribution in [3.05, 3.63) is 27.8 Å². The van der Waals surface area contributed by atoms with Gasteiger partial charge in [0.2, 0.25) is 0 Å². The molecule has 0 spiro atoms. The lowest BCUT2D eigenvalue weighted by Gasteiger charge is -2.19. The first-order chi connectivity index (χ1) is 8.43. The van der Waals surface area contributed by atoms with E-state index in [4.69, 9.17) is 21.1 Å². The Bertz CT molecular complexity index is 457. The number of methoxy groups -OCH3 is 1. The lowest BCUT2D eigenvalue weighted by Crippen LogP contribution is -2.17. The van der Waals surface area contributed by atoms with Crippen molar-refractivity contribution < 1.29 is 19.4 Å². The van der Waals surface area contributed by atoms with E-state index in [1.807, 2.05) is 6.92 Å². The summed E-state index contributed by atoms with van der Waals surface area (Å²) >= 11 is 6.04. The topological polar surface area (TPSA) is 55.8 Å². The van der Waals surface area contributed by atoms with Crippen molar-refractivity contribution >= 4 is 17.6 Å². The van der Waals surface area contributed by atoms with Crippen LogP contribution >= 0.6 is 11.6 Å². The van der Waals surface area contributed by atoms with Gasteiger partial charge in [0, 0.05) is 5.56 Å². The van der Waals surface area contributed by atoms with Gasteiger partial charge in [0.05, 0.1) is 18.7 Å². The minimum atomic E-state index is -1.39. The summed E-state index contributed by atoms with van der Waals surface area (Å²) in [5, 5.41) is 10.4. The third kappa shape index (κ3) is 2.76. The van der Waals surface area contributed by atoms with Gasteiger partial charge in [-0.15, -0.1) is 0 Å². The normalized spacial score (nSPS) is 12.1. The van der Waals surface area contributed by atoms with Gasteiger partial charge < -0.3 is 14.6 Å². The zero-order valence-electron chi connectivity index (χ0n) is 10.9. The van der Waals surface area contributed by atoms with Crippen molar-refractivity contribution in [3.8, 4) is 5.75 Å². The minimum absolute atomic E-state index is 0.205. The van der Waals surface area contributed by atoms with Gasteiger partial charge in [-0.2, -0.15) is 0 Å². The lowest BCUT2D eigenvalue weighted by atomic mass is 9.97. The molecular weight excluding hydrogens is 256 g/mol. The number of aryl methyl sites for hydroxylation is 1. The highest BCUT2D eigenvalue weighted by atomic mass is 35.5. The molecule has 4 nitrogen and oxygen atoms in total. The van der Waals surface area contributed by atoms with E-state index in [1.165, 1.54) is 7.11 Å². The highest BCUT2D eigenvalue weighted by Crippen LogP contribution is 2.37. The summed E-state index contributed by atoms with van der Waals surface area (Å²) in [6, 6.07) is 1.73. The van der Waals surface area contributed by atoms with Crippen molar-refractivity contribution in [1.82, 2.24) is 0 Å². The average molecular weight is 273 g/mol. The fourth-order valence-electron chi connectivity index (χ4n) is 1.75. The molecular formula is C13H17ClO4. The maximum absolute atomic E-state index is 11.6. The molecule has 1 unspecified atom stereocenters. The number of ether oxygens (including phenoxy) is 2. The van der Waals surface area contributed by atoms with E-state index in [0.717, 1.165) is 11.1 Å². The van der Waals surface area contributed by atoms with Crippen LogP contribution in [0.4, 0.5) is 0 Å². The molecule has 1 atom stereocenters. The smallest absolute Gasteiger partial charge is 0.339 e. The summed E-state index contributed by atoms with van der Waals surface area (Å²) in [5.41, 5.74) is 2.00. The fraction of sp³-hybridized carbons (Fsp3) is 0.462. The molecule has 0 saturated carbocycles. The van der Waals surface area contributed by atoms with Gasteiger partial charge in [0.25, 0.3) is 0 Å². The highest BCUT2D eigenvalue weighted by molar-refractivity contribution is 6.32. The molecule has 0 bridgehead atoms. The number of carbonyl (C=O) groups is 1. The van der Waals surface area contributed by atoms with Crippen LogP contribution < -0.4 is 4.74 Å².